The molecular formula is C24H21ClN4O2S2. The molecule has 1 N–H and O–H groups in total. The zero-order valence-electron chi connectivity index (χ0n) is 18.0. The number of para-hydroxylation sites is 1. The van der Waals surface area contributed by atoms with Crippen LogP contribution in [0.3, 0.4) is 0 Å². The van der Waals surface area contributed by atoms with Gasteiger partial charge in [0.2, 0.25) is 5.91 Å². The maximum atomic E-state index is 12.2. The third-order valence-electron chi connectivity index (χ3n) is 4.76. The number of benzene rings is 2. The molecule has 6 nitrogen and oxygen atoms in total. The summed E-state index contributed by atoms with van der Waals surface area (Å²) in [6.07, 6.45) is 0. The molecule has 0 fully saturated rings. The van der Waals surface area contributed by atoms with Crippen LogP contribution in [-0.4, -0.2) is 34.0 Å². The Bertz CT molecular complexity index is 1240. The first-order valence-electron chi connectivity index (χ1n) is 10.1. The SMILES string of the molecule is COc1ccccc1-c1nc(C)c(-c2ccc(SCC(=O)NCc3ccc(Cl)cc3)nn2)s1. The van der Waals surface area contributed by atoms with Gasteiger partial charge in [0, 0.05) is 11.6 Å². The summed E-state index contributed by atoms with van der Waals surface area (Å²) in [5.74, 6) is 0.977. The number of nitrogens with zero attached hydrogens (tertiary/aromatic N) is 3. The molecule has 9 heteroatoms. The predicted octanol–water partition coefficient (Wildman–Crippen LogP) is 5.65. The summed E-state index contributed by atoms with van der Waals surface area (Å²) in [7, 11) is 1.65. The Morgan fingerprint density at radius 3 is 2.61 bits per heavy atom. The molecule has 2 aromatic heterocycles. The first-order chi connectivity index (χ1) is 16.0. The second kappa shape index (κ2) is 10.8. The number of aromatic nitrogens is 3. The number of hydrogen-bond acceptors (Lipinski definition) is 7. The molecule has 4 rings (SSSR count). The van der Waals surface area contributed by atoms with Crippen molar-refractivity contribution in [3.05, 3.63) is 76.9 Å². The molecule has 2 heterocycles. The van der Waals surface area contributed by atoms with Gasteiger partial charge in [-0.05, 0) is 48.9 Å². The fraction of sp³-hybridized carbons (Fsp3) is 0.167. The van der Waals surface area contributed by atoms with E-state index in [0.717, 1.165) is 38.1 Å². The molecule has 0 aliphatic rings. The summed E-state index contributed by atoms with van der Waals surface area (Å²) in [6, 6.07) is 19.0. The maximum absolute atomic E-state index is 12.2. The van der Waals surface area contributed by atoms with Gasteiger partial charge in [0.15, 0.2) is 0 Å². The number of thiazole rings is 1. The molecule has 0 bridgehead atoms. The molecule has 0 saturated heterocycles. The van der Waals surface area contributed by atoms with E-state index in [-0.39, 0.29) is 11.7 Å². The molecule has 0 saturated carbocycles. The van der Waals surface area contributed by atoms with Gasteiger partial charge in [0.05, 0.1) is 29.0 Å². The molecule has 0 atom stereocenters. The number of carbonyl (C=O) groups excluding carboxylic acids is 1. The van der Waals surface area contributed by atoms with Crippen molar-refractivity contribution < 1.29 is 9.53 Å². The molecule has 0 unspecified atom stereocenters. The summed E-state index contributed by atoms with van der Waals surface area (Å²) < 4.78 is 5.46. The zero-order valence-corrected chi connectivity index (χ0v) is 20.4. The van der Waals surface area contributed by atoms with Gasteiger partial charge in [0.25, 0.3) is 0 Å². The number of rotatable bonds is 8. The smallest absolute Gasteiger partial charge is 0.230 e. The Morgan fingerprint density at radius 1 is 1.09 bits per heavy atom. The van der Waals surface area contributed by atoms with Gasteiger partial charge in [-0.3, -0.25) is 4.79 Å². The van der Waals surface area contributed by atoms with Crippen molar-refractivity contribution in [1.29, 1.82) is 0 Å². The molecule has 0 aliphatic heterocycles. The standard InChI is InChI=1S/C24H21ClN4O2S2/c1-15-23(33-24(27-15)18-5-3-4-6-20(18)31-2)19-11-12-22(29-28-19)32-14-21(30)26-13-16-7-9-17(25)10-8-16/h3-12H,13-14H2,1-2H3,(H,26,30). The van der Waals surface area contributed by atoms with E-state index in [4.69, 9.17) is 21.3 Å². The number of carbonyl (C=O) groups is 1. The van der Waals surface area contributed by atoms with Gasteiger partial charge < -0.3 is 10.1 Å². The molecular weight excluding hydrogens is 476 g/mol. The number of amides is 1. The Morgan fingerprint density at radius 2 is 1.88 bits per heavy atom. The third-order valence-corrected chi connectivity index (χ3v) is 7.15. The molecule has 0 spiro atoms. The second-order valence-electron chi connectivity index (χ2n) is 7.08. The average molecular weight is 497 g/mol. The van der Waals surface area contributed by atoms with E-state index in [1.165, 1.54) is 11.8 Å². The van der Waals surface area contributed by atoms with Crippen LogP contribution in [0.5, 0.6) is 5.75 Å². The number of methoxy groups -OCH3 is 1. The van der Waals surface area contributed by atoms with Crippen LogP contribution >= 0.6 is 34.7 Å². The van der Waals surface area contributed by atoms with Gasteiger partial charge in [-0.1, -0.05) is 47.6 Å². The highest BCUT2D eigenvalue weighted by Crippen LogP contribution is 2.38. The van der Waals surface area contributed by atoms with Crippen molar-refractivity contribution in [2.75, 3.05) is 12.9 Å². The Balaban J connectivity index is 1.37. The molecule has 0 aliphatic carbocycles. The van der Waals surface area contributed by atoms with Crippen molar-refractivity contribution in [1.82, 2.24) is 20.5 Å². The van der Waals surface area contributed by atoms with Crippen molar-refractivity contribution in [3.8, 4) is 26.9 Å². The van der Waals surface area contributed by atoms with Crippen molar-refractivity contribution >= 4 is 40.6 Å². The van der Waals surface area contributed by atoms with Crippen LogP contribution in [0.15, 0.2) is 65.7 Å². The highest BCUT2D eigenvalue weighted by molar-refractivity contribution is 7.99. The molecule has 4 aromatic rings. The first kappa shape index (κ1) is 23.2. The minimum atomic E-state index is -0.0689. The monoisotopic (exact) mass is 496 g/mol. The van der Waals surface area contributed by atoms with Crippen LogP contribution in [0.1, 0.15) is 11.3 Å². The minimum Gasteiger partial charge on any atom is -0.496 e. The van der Waals surface area contributed by atoms with E-state index >= 15 is 0 Å². The van der Waals surface area contributed by atoms with E-state index in [1.807, 2.05) is 55.5 Å². The fourth-order valence-corrected chi connectivity index (χ4v) is 4.91. The van der Waals surface area contributed by atoms with Gasteiger partial charge in [-0.25, -0.2) is 4.98 Å². The number of hydrogen-bond donors (Lipinski definition) is 1. The van der Waals surface area contributed by atoms with Gasteiger partial charge in [-0.15, -0.1) is 21.5 Å². The summed E-state index contributed by atoms with van der Waals surface area (Å²) in [6.45, 7) is 2.42. The van der Waals surface area contributed by atoms with E-state index in [9.17, 15) is 4.79 Å². The van der Waals surface area contributed by atoms with E-state index in [0.29, 0.717) is 16.6 Å². The highest BCUT2D eigenvalue weighted by Gasteiger charge is 2.16. The Labute approximate surface area is 205 Å². The number of nitrogens with one attached hydrogen (secondary N) is 1. The van der Waals surface area contributed by atoms with E-state index < -0.39 is 0 Å². The average Bonchev–Trinajstić information content (AvgIpc) is 3.24. The number of thioether (sulfide) groups is 1. The largest absolute Gasteiger partial charge is 0.496 e. The Kier molecular flexibility index (Phi) is 7.59. The number of halogens is 1. The topological polar surface area (TPSA) is 77.0 Å². The van der Waals surface area contributed by atoms with Gasteiger partial charge >= 0.3 is 0 Å². The summed E-state index contributed by atoms with van der Waals surface area (Å²) in [4.78, 5) is 17.8. The summed E-state index contributed by atoms with van der Waals surface area (Å²) in [5.41, 5.74) is 3.58. The summed E-state index contributed by atoms with van der Waals surface area (Å²) in [5, 5.41) is 13.8. The lowest BCUT2D eigenvalue weighted by molar-refractivity contribution is -0.118. The molecule has 1 amide bonds. The highest BCUT2D eigenvalue weighted by atomic mass is 35.5. The van der Waals surface area contributed by atoms with E-state index in [1.54, 1.807) is 30.6 Å². The first-order valence-corrected chi connectivity index (χ1v) is 12.3. The lowest BCUT2D eigenvalue weighted by atomic mass is 10.2. The van der Waals surface area contributed by atoms with Gasteiger partial charge in [-0.2, -0.15) is 0 Å². The normalized spacial score (nSPS) is 10.8. The number of aryl methyl sites for hydroxylation is 1. The summed E-state index contributed by atoms with van der Waals surface area (Å²) >= 11 is 8.78. The van der Waals surface area contributed by atoms with Crippen LogP contribution in [0.2, 0.25) is 5.02 Å². The minimum absolute atomic E-state index is 0.0689. The third kappa shape index (κ3) is 5.90. The van der Waals surface area contributed by atoms with Crippen molar-refractivity contribution in [2.45, 2.75) is 18.5 Å². The van der Waals surface area contributed by atoms with Crippen molar-refractivity contribution in [2.24, 2.45) is 0 Å². The molecule has 2 aromatic carbocycles. The fourth-order valence-electron chi connectivity index (χ4n) is 3.08. The maximum Gasteiger partial charge on any atom is 0.230 e. The number of ether oxygens (including phenoxy) is 1. The zero-order chi connectivity index (χ0) is 23.2. The van der Waals surface area contributed by atoms with E-state index in [2.05, 4.69) is 15.5 Å². The van der Waals surface area contributed by atoms with Crippen LogP contribution in [-0.2, 0) is 11.3 Å². The predicted molar refractivity (Wildman–Crippen MR) is 134 cm³/mol. The lowest BCUT2D eigenvalue weighted by Gasteiger charge is -2.05. The second-order valence-corrected chi connectivity index (χ2v) is 9.51. The van der Waals surface area contributed by atoms with Crippen LogP contribution in [0.25, 0.3) is 21.1 Å². The van der Waals surface area contributed by atoms with Crippen LogP contribution in [0, 0.1) is 6.92 Å². The molecule has 0 radical (unpaired) electrons. The molecule has 33 heavy (non-hydrogen) atoms. The molecule has 168 valence electrons. The van der Waals surface area contributed by atoms with Crippen LogP contribution in [0.4, 0.5) is 0 Å². The van der Waals surface area contributed by atoms with Crippen molar-refractivity contribution in [3.63, 3.8) is 0 Å². The Hall–Kier alpha value is -2.94. The van der Waals surface area contributed by atoms with Gasteiger partial charge in [0.1, 0.15) is 21.5 Å². The quantitative estimate of drug-likeness (QED) is 0.318. The van der Waals surface area contributed by atoms with Crippen LogP contribution < -0.4 is 10.1 Å². The lowest BCUT2D eigenvalue weighted by Crippen LogP contribution is -2.24.